The van der Waals surface area contributed by atoms with Crippen LogP contribution in [0.15, 0.2) is 91.5 Å². The van der Waals surface area contributed by atoms with Crippen LogP contribution in [0.4, 0.5) is 5.82 Å². The number of methoxy groups -OCH3 is 2. The first-order valence-corrected chi connectivity index (χ1v) is 14.3. The molecule has 0 amide bonds. The Balaban J connectivity index is 1.35. The molecule has 0 radical (unpaired) electrons. The van der Waals surface area contributed by atoms with Gasteiger partial charge in [-0.2, -0.15) is 0 Å². The van der Waals surface area contributed by atoms with Gasteiger partial charge in [0.2, 0.25) is 0 Å². The van der Waals surface area contributed by atoms with E-state index < -0.39 is 24.0 Å². The Labute approximate surface area is 250 Å². The maximum absolute atomic E-state index is 11.2. The number of nitrogens with zero attached hydrogens (tertiary/aromatic N) is 4. The largest absolute Gasteiger partial charge is 0.497 e. The monoisotopic (exact) mass is 581 g/mol. The minimum absolute atomic E-state index is 0.120. The predicted molar refractivity (Wildman–Crippen MR) is 162 cm³/mol. The standard InChI is InChI=1S/C33H35N5O5/c1-4-34-31-30-32(36-20-35-31)38(21-37-30)29-18-27(39)28(43-29)19-42-33(22-8-6-5-7-9-22,23-10-14-25(40-2)15-11-23)24-12-16-26(41-3)17-13-24/h5-17,20-21,27-29,39H,4,18-19H2,1-3H3,(H,34,35,36)/t27-,28+,29+/m0/s1. The average molecular weight is 582 g/mol. The van der Waals surface area contributed by atoms with Gasteiger partial charge in [0.15, 0.2) is 17.0 Å². The summed E-state index contributed by atoms with van der Waals surface area (Å²) < 4.78 is 26.1. The van der Waals surface area contributed by atoms with E-state index in [2.05, 4.69) is 20.3 Å². The molecule has 5 aromatic rings. The molecule has 3 heterocycles. The highest BCUT2D eigenvalue weighted by molar-refractivity contribution is 5.82. The van der Waals surface area contributed by atoms with Gasteiger partial charge in [0, 0.05) is 13.0 Å². The van der Waals surface area contributed by atoms with Crippen molar-refractivity contribution in [2.45, 2.75) is 37.4 Å². The van der Waals surface area contributed by atoms with E-state index in [-0.39, 0.29) is 6.61 Å². The van der Waals surface area contributed by atoms with Gasteiger partial charge < -0.3 is 29.4 Å². The van der Waals surface area contributed by atoms with Gasteiger partial charge >= 0.3 is 0 Å². The summed E-state index contributed by atoms with van der Waals surface area (Å²) in [5.74, 6) is 2.15. The molecule has 1 aliphatic heterocycles. The Bertz CT molecular complexity index is 1600. The van der Waals surface area contributed by atoms with Crippen molar-refractivity contribution in [1.82, 2.24) is 19.5 Å². The van der Waals surface area contributed by atoms with E-state index in [0.717, 1.165) is 28.2 Å². The maximum atomic E-state index is 11.2. The maximum Gasteiger partial charge on any atom is 0.167 e. The first-order chi connectivity index (χ1) is 21.1. The smallest absolute Gasteiger partial charge is 0.167 e. The summed E-state index contributed by atoms with van der Waals surface area (Å²) in [5, 5.41) is 14.4. The lowest BCUT2D eigenvalue weighted by Gasteiger charge is -2.37. The number of aromatic nitrogens is 4. The number of anilines is 1. The van der Waals surface area contributed by atoms with E-state index in [1.54, 1.807) is 20.5 Å². The zero-order valence-corrected chi connectivity index (χ0v) is 24.4. The van der Waals surface area contributed by atoms with E-state index in [1.165, 1.54) is 6.33 Å². The SMILES string of the molecule is CCNc1ncnc2c1ncn2[C@H]1C[C@H](O)[C@@H](COC(c2ccccc2)(c2ccc(OC)cc2)c2ccc(OC)cc2)O1. The van der Waals surface area contributed by atoms with Gasteiger partial charge in [0.25, 0.3) is 0 Å². The van der Waals surface area contributed by atoms with Crippen LogP contribution in [0.25, 0.3) is 11.2 Å². The number of hydrogen-bond acceptors (Lipinski definition) is 9. The first kappa shape index (κ1) is 28.6. The van der Waals surface area contributed by atoms with Gasteiger partial charge in [-0.1, -0.05) is 54.6 Å². The molecule has 1 fully saturated rings. The molecule has 2 N–H and O–H groups in total. The number of benzene rings is 3. The topological polar surface area (TPSA) is 113 Å². The fourth-order valence-corrected chi connectivity index (χ4v) is 5.68. The highest BCUT2D eigenvalue weighted by atomic mass is 16.6. The Morgan fingerprint density at radius 1 is 0.884 bits per heavy atom. The predicted octanol–water partition coefficient (Wildman–Crippen LogP) is 4.93. The van der Waals surface area contributed by atoms with Crippen molar-refractivity contribution in [3.63, 3.8) is 0 Å². The van der Waals surface area contributed by atoms with Crippen LogP contribution in [-0.4, -0.2) is 64.2 Å². The van der Waals surface area contributed by atoms with Crippen LogP contribution in [0.2, 0.25) is 0 Å². The van der Waals surface area contributed by atoms with Crippen LogP contribution in [0.5, 0.6) is 11.5 Å². The third-order valence-corrected chi connectivity index (χ3v) is 7.85. The highest BCUT2D eigenvalue weighted by Gasteiger charge is 2.42. The Kier molecular flexibility index (Phi) is 8.24. The fourth-order valence-electron chi connectivity index (χ4n) is 5.68. The molecule has 3 aromatic carbocycles. The molecule has 2 aromatic heterocycles. The van der Waals surface area contributed by atoms with E-state index in [0.29, 0.717) is 29.9 Å². The molecule has 6 rings (SSSR count). The zero-order valence-electron chi connectivity index (χ0n) is 24.4. The van der Waals surface area contributed by atoms with E-state index >= 15 is 0 Å². The number of imidazole rings is 1. The molecular formula is C33H35N5O5. The molecule has 1 aliphatic rings. The van der Waals surface area contributed by atoms with Crippen molar-refractivity contribution in [2.75, 3.05) is 32.7 Å². The fraction of sp³-hybridized carbons (Fsp3) is 0.303. The summed E-state index contributed by atoms with van der Waals surface area (Å²) >= 11 is 0. The Morgan fingerprint density at radius 2 is 1.51 bits per heavy atom. The first-order valence-electron chi connectivity index (χ1n) is 14.3. The molecule has 10 nitrogen and oxygen atoms in total. The number of fused-ring (bicyclic) bond motifs is 1. The van der Waals surface area contributed by atoms with Crippen LogP contribution >= 0.6 is 0 Å². The Morgan fingerprint density at radius 3 is 2.12 bits per heavy atom. The molecule has 10 heteroatoms. The number of nitrogens with one attached hydrogen (secondary N) is 1. The number of aliphatic hydroxyl groups excluding tert-OH is 1. The molecule has 0 bridgehead atoms. The quantitative estimate of drug-likeness (QED) is 0.210. The molecule has 3 atom stereocenters. The minimum Gasteiger partial charge on any atom is -0.497 e. The van der Waals surface area contributed by atoms with Crippen LogP contribution in [-0.2, 0) is 15.1 Å². The second kappa shape index (κ2) is 12.4. The Hall–Kier alpha value is -4.51. The van der Waals surface area contributed by atoms with Gasteiger partial charge in [-0.25, -0.2) is 15.0 Å². The second-order valence-electron chi connectivity index (χ2n) is 10.3. The van der Waals surface area contributed by atoms with Crippen molar-refractivity contribution in [1.29, 1.82) is 0 Å². The molecule has 43 heavy (non-hydrogen) atoms. The summed E-state index contributed by atoms with van der Waals surface area (Å²) in [6.07, 6.45) is 1.72. The lowest BCUT2D eigenvalue weighted by Crippen LogP contribution is -2.38. The highest BCUT2D eigenvalue weighted by Crippen LogP contribution is 2.43. The molecule has 0 spiro atoms. The third-order valence-electron chi connectivity index (χ3n) is 7.85. The van der Waals surface area contributed by atoms with Gasteiger partial charge in [0.05, 0.1) is 33.3 Å². The number of ether oxygens (including phenoxy) is 4. The molecule has 0 saturated carbocycles. The van der Waals surface area contributed by atoms with Crippen molar-refractivity contribution >= 4 is 17.0 Å². The average Bonchev–Trinajstić information content (AvgIpc) is 3.66. The molecular weight excluding hydrogens is 546 g/mol. The van der Waals surface area contributed by atoms with E-state index in [9.17, 15) is 5.11 Å². The summed E-state index contributed by atoms with van der Waals surface area (Å²) in [6.45, 7) is 2.83. The lowest BCUT2D eigenvalue weighted by atomic mass is 9.80. The number of rotatable bonds is 11. The number of hydrogen-bond donors (Lipinski definition) is 2. The van der Waals surface area contributed by atoms with Gasteiger partial charge in [-0.05, 0) is 47.9 Å². The van der Waals surface area contributed by atoms with Gasteiger partial charge in [-0.3, -0.25) is 4.57 Å². The molecule has 1 saturated heterocycles. The lowest BCUT2D eigenvalue weighted by molar-refractivity contribution is -0.0931. The van der Waals surface area contributed by atoms with Crippen molar-refractivity contribution < 1.29 is 24.1 Å². The van der Waals surface area contributed by atoms with Crippen LogP contribution in [0.1, 0.15) is 36.3 Å². The van der Waals surface area contributed by atoms with Gasteiger partial charge in [0.1, 0.15) is 35.8 Å². The van der Waals surface area contributed by atoms with Gasteiger partial charge in [-0.15, -0.1) is 0 Å². The number of aliphatic hydroxyl groups is 1. The molecule has 0 aliphatic carbocycles. The third kappa shape index (κ3) is 5.40. The van der Waals surface area contributed by atoms with Crippen LogP contribution in [0, 0.1) is 0 Å². The minimum atomic E-state index is -1.02. The zero-order chi connectivity index (χ0) is 29.8. The second-order valence-corrected chi connectivity index (χ2v) is 10.3. The van der Waals surface area contributed by atoms with E-state index in [1.807, 2.05) is 90.4 Å². The summed E-state index contributed by atoms with van der Waals surface area (Å²) in [6, 6.07) is 25.7. The summed E-state index contributed by atoms with van der Waals surface area (Å²) in [4.78, 5) is 13.3. The van der Waals surface area contributed by atoms with Crippen molar-refractivity contribution in [3.05, 3.63) is 108 Å². The molecule has 222 valence electrons. The summed E-state index contributed by atoms with van der Waals surface area (Å²) in [7, 11) is 3.29. The van der Waals surface area contributed by atoms with Crippen LogP contribution in [0.3, 0.4) is 0 Å². The molecule has 0 unspecified atom stereocenters. The summed E-state index contributed by atoms with van der Waals surface area (Å²) in [5.41, 5.74) is 3.02. The van der Waals surface area contributed by atoms with Crippen molar-refractivity contribution in [2.24, 2.45) is 0 Å². The van der Waals surface area contributed by atoms with Crippen LogP contribution < -0.4 is 14.8 Å². The van der Waals surface area contributed by atoms with E-state index in [4.69, 9.17) is 18.9 Å². The normalized spacial score (nSPS) is 18.6. The van der Waals surface area contributed by atoms with Crippen molar-refractivity contribution in [3.8, 4) is 11.5 Å².